The molecule has 0 aromatic heterocycles. The average Bonchev–Trinajstić information content (AvgIpc) is 2.50. The van der Waals surface area contributed by atoms with Gasteiger partial charge in [0.2, 0.25) is 0 Å². The van der Waals surface area contributed by atoms with Crippen molar-refractivity contribution in [2.75, 3.05) is 13.2 Å². The van der Waals surface area contributed by atoms with E-state index in [0.29, 0.717) is 13.2 Å². The minimum Gasteiger partial charge on any atom is -0.494 e. The van der Waals surface area contributed by atoms with Crippen LogP contribution in [0.3, 0.4) is 0 Å². The molecule has 21 heavy (non-hydrogen) atoms. The molecule has 2 aromatic rings. The summed E-state index contributed by atoms with van der Waals surface area (Å²) >= 11 is 7.31. The topological polar surface area (TPSA) is 18.5 Å². The number of ether oxygens (including phenoxy) is 2. The summed E-state index contributed by atoms with van der Waals surface area (Å²) in [5, 5.41) is 0. The maximum Gasteiger partial charge on any atom is 0.133 e. The van der Waals surface area contributed by atoms with Crippen LogP contribution < -0.4 is 9.47 Å². The lowest BCUT2D eigenvalue weighted by atomic mass is 10.0. The number of alkyl halides is 1. The first-order valence-electron chi connectivity index (χ1n) is 6.94. The van der Waals surface area contributed by atoms with Crippen LogP contribution in [-0.4, -0.2) is 13.2 Å². The van der Waals surface area contributed by atoms with Crippen molar-refractivity contribution >= 4 is 31.9 Å². The summed E-state index contributed by atoms with van der Waals surface area (Å²) in [5.74, 6) is 1.77. The molecule has 0 saturated carbocycles. The summed E-state index contributed by atoms with van der Waals surface area (Å²) in [5.41, 5.74) is 2.36. The summed E-state index contributed by atoms with van der Waals surface area (Å²) in [7, 11) is 0. The van der Waals surface area contributed by atoms with E-state index in [1.54, 1.807) is 0 Å². The van der Waals surface area contributed by atoms with Gasteiger partial charge >= 0.3 is 0 Å². The van der Waals surface area contributed by atoms with E-state index in [1.807, 2.05) is 32.0 Å². The van der Waals surface area contributed by atoms with Crippen LogP contribution in [0.2, 0.25) is 0 Å². The highest BCUT2D eigenvalue weighted by atomic mass is 79.9. The maximum absolute atomic E-state index is 5.54. The lowest BCUT2D eigenvalue weighted by molar-refractivity contribution is 0.338. The molecule has 0 aliphatic heterocycles. The summed E-state index contributed by atoms with van der Waals surface area (Å²) in [6.07, 6.45) is 0. The van der Waals surface area contributed by atoms with Crippen LogP contribution in [0, 0.1) is 0 Å². The van der Waals surface area contributed by atoms with Gasteiger partial charge in [0.15, 0.2) is 0 Å². The van der Waals surface area contributed by atoms with Crippen molar-refractivity contribution in [3.63, 3.8) is 0 Å². The molecule has 0 aliphatic rings. The Labute approximate surface area is 142 Å². The highest BCUT2D eigenvalue weighted by Gasteiger charge is 2.12. The minimum atomic E-state index is 0.139. The van der Waals surface area contributed by atoms with Crippen molar-refractivity contribution in [2.45, 2.75) is 18.7 Å². The third kappa shape index (κ3) is 4.24. The molecule has 1 atom stereocenters. The Kier molecular flexibility index (Phi) is 6.12. The Bertz CT molecular complexity index is 582. The molecular weight excluding hydrogens is 396 g/mol. The molecule has 0 amide bonds. The second-order valence-electron chi connectivity index (χ2n) is 4.49. The van der Waals surface area contributed by atoms with Crippen molar-refractivity contribution in [3.05, 3.63) is 58.1 Å². The van der Waals surface area contributed by atoms with E-state index < -0.39 is 0 Å². The fourth-order valence-corrected chi connectivity index (χ4v) is 3.14. The van der Waals surface area contributed by atoms with Crippen molar-refractivity contribution in [3.8, 4) is 11.5 Å². The van der Waals surface area contributed by atoms with Crippen LogP contribution in [0.1, 0.15) is 29.8 Å². The van der Waals surface area contributed by atoms with Crippen LogP contribution >= 0.6 is 31.9 Å². The van der Waals surface area contributed by atoms with Gasteiger partial charge in [0, 0.05) is 0 Å². The third-order valence-electron chi connectivity index (χ3n) is 3.03. The standard InChI is InChI=1S/C17H18Br2O2/c1-3-20-14-8-5-12(6-9-14)17(19)13-7-10-16(21-4-2)15(18)11-13/h5-11,17H,3-4H2,1-2H3. The first-order valence-corrected chi connectivity index (χ1v) is 8.65. The predicted octanol–water partition coefficient (Wildman–Crippen LogP) is 5.73. The molecular formula is C17H18Br2O2. The van der Waals surface area contributed by atoms with Gasteiger partial charge in [-0.25, -0.2) is 0 Å². The van der Waals surface area contributed by atoms with Crippen molar-refractivity contribution in [2.24, 2.45) is 0 Å². The van der Waals surface area contributed by atoms with Gasteiger partial charge in [-0.3, -0.25) is 0 Å². The first kappa shape index (κ1) is 16.4. The SMILES string of the molecule is CCOc1ccc(C(Br)c2ccc(OCC)c(Br)c2)cc1. The molecule has 2 aromatic carbocycles. The van der Waals surface area contributed by atoms with E-state index in [4.69, 9.17) is 9.47 Å². The number of hydrogen-bond acceptors (Lipinski definition) is 2. The van der Waals surface area contributed by atoms with Crippen molar-refractivity contribution in [1.82, 2.24) is 0 Å². The number of halogens is 2. The normalized spacial score (nSPS) is 12.0. The summed E-state index contributed by atoms with van der Waals surface area (Å²) in [4.78, 5) is 0.139. The van der Waals surface area contributed by atoms with Gasteiger partial charge in [0.25, 0.3) is 0 Å². The van der Waals surface area contributed by atoms with Crippen LogP contribution in [0.4, 0.5) is 0 Å². The molecule has 0 N–H and O–H groups in total. The molecule has 4 heteroatoms. The zero-order valence-electron chi connectivity index (χ0n) is 12.1. The molecule has 2 nitrogen and oxygen atoms in total. The lowest BCUT2D eigenvalue weighted by Crippen LogP contribution is -1.97. The second kappa shape index (κ2) is 7.85. The molecule has 0 radical (unpaired) electrons. The Morgan fingerprint density at radius 2 is 1.52 bits per heavy atom. The quantitative estimate of drug-likeness (QED) is 0.563. The molecule has 0 bridgehead atoms. The van der Waals surface area contributed by atoms with E-state index in [9.17, 15) is 0 Å². The van der Waals surface area contributed by atoms with E-state index in [-0.39, 0.29) is 4.83 Å². The number of benzene rings is 2. The Morgan fingerprint density at radius 1 is 0.905 bits per heavy atom. The molecule has 0 saturated heterocycles. The van der Waals surface area contributed by atoms with Gasteiger partial charge in [-0.15, -0.1) is 0 Å². The minimum absolute atomic E-state index is 0.139. The lowest BCUT2D eigenvalue weighted by Gasteiger charge is -2.14. The van der Waals surface area contributed by atoms with Gasteiger partial charge in [-0.1, -0.05) is 34.1 Å². The first-order chi connectivity index (χ1) is 10.2. The van der Waals surface area contributed by atoms with Crippen LogP contribution in [0.5, 0.6) is 11.5 Å². The van der Waals surface area contributed by atoms with Crippen LogP contribution in [0.25, 0.3) is 0 Å². The average molecular weight is 414 g/mol. The Balaban J connectivity index is 2.19. The highest BCUT2D eigenvalue weighted by Crippen LogP contribution is 2.35. The molecule has 0 spiro atoms. The second-order valence-corrected chi connectivity index (χ2v) is 6.26. The van der Waals surface area contributed by atoms with Crippen LogP contribution in [0.15, 0.2) is 46.9 Å². The van der Waals surface area contributed by atoms with E-state index >= 15 is 0 Å². The van der Waals surface area contributed by atoms with Crippen molar-refractivity contribution in [1.29, 1.82) is 0 Å². The van der Waals surface area contributed by atoms with E-state index in [2.05, 4.69) is 56.1 Å². The zero-order chi connectivity index (χ0) is 15.2. The highest BCUT2D eigenvalue weighted by molar-refractivity contribution is 9.10. The molecule has 2 rings (SSSR count). The summed E-state index contributed by atoms with van der Waals surface area (Å²) in [6, 6.07) is 14.3. The van der Waals surface area contributed by atoms with E-state index in [1.165, 1.54) is 11.1 Å². The molecule has 0 fully saturated rings. The van der Waals surface area contributed by atoms with Gasteiger partial charge in [-0.05, 0) is 65.2 Å². The monoisotopic (exact) mass is 412 g/mol. The van der Waals surface area contributed by atoms with Gasteiger partial charge < -0.3 is 9.47 Å². The summed E-state index contributed by atoms with van der Waals surface area (Å²) < 4.78 is 12.0. The van der Waals surface area contributed by atoms with Gasteiger partial charge in [0.1, 0.15) is 11.5 Å². The molecule has 0 heterocycles. The largest absolute Gasteiger partial charge is 0.494 e. The maximum atomic E-state index is 5.54. The Hall–Kier alpha value is -1.00. The van der Waals surface area contributed by atoms with Crippen LogP contribution in [-0.2, 0) is 0 Å². The fourth-order valence-electron chi connectivity index (χ4n) is 2.04. The number of rotatable bonds is 6. The van der Waals surface area contributed by atoms with Crippen molar-refractivity contribution < 1.29 is 9.47 Å². The molecule has 1 unspecified atom stereocenters. The Morgan fingerprint density at radius 3 is 2.10 bits per heavy atom. The predicted molar refractivity (Wildman–Crippen MR) is 93.7 cm³/mol. The smallest absolute Gasteiger partial charge is 0.133 e. The van der Waals surface area contributed by atoms with Gasteiger partial charge in [-0.2, -0.15) is 0 Å². The summed E-state index contributed by atoms with van der Waals surface area (Å²) in [6.45, 7) is 5.31. The number of hydrogen-bond donors (Lipinski definition) is 0. The fraction of sp³-hybridized carbons (Fsp3) is 0.294. The molecule has 0 aliphatic carbocycles. The molecule has 112 valence electrons. The third-order valence-corrected chi connectivity index (χ3v) is 4.71. The van der Waals surface area contributed by atoms with E-state index in [0.717, 1.165) is 16.0 Å². The van der Waals surface area contributed by atoms with Gasteiger partial charge in [0.05, 0.1) is 22.5 Å². The zero-order valence-corrected chi connectivity index (χ0v) is 15.3.